The standard InChI is InChI=1S/C14H21BrN4O/c1-16-13-11(15)9-17-14(18-13)19-6-4-10(5-7-19)12-3-2-8-20-12/h9-10,12H,2-8H2,1H3,(H,16,17,18). The minimum absolute atomic E-state index is 0.496. The first-order valence-corrected chi connectivity index (χ1v) is 8.14. The van der Waals surface area contributed by atoms with Gasteiger partial charge in [0.05, 0.1) is 10.6 Å². The van der Waals surface area contributed by atoms with Crippen LogP contribution in [0.2, 0.25) is 0 Å². The number of aromatic nitrogens is 2. The fraction of sp³-hybridized carbons (Fsp3) is 0.714. The lowest BCUT2D eigenvalue weighted by atomic mass is 9.90. The van der Waals surface area contributed by atoms with Gasteiger partial charge in [0, 0.05) is 32.9 Å². The third-order valence-corrected chi connectivity index (χ3v) is 4.86. The SMILES string of the molecule is CNc1nc(N2CCC(C3CCCO3)CC2)ncc1Br. The van der Waals surface area contributed by atoms with Gasteiger partial charge in [-0.1, -0.05) is 0 Å². The highest BCUT2D eigenvalue weighted by molar-refractivity contribution is 9.10. The molecule has 0 saturated carbocycles. The van der Waals surface area contributed by atoms with E-state index in [4.69, 9.17) is 4.74 Å². The van der Waals surface area contributed by atoms with Gasteiger partial charge >= 0.3 is 0 Å². The largest absolute Gasteiger partial charge is 0.378 e. The van der Waals surface area contributed by atoms with Gasteiger partial charge in [0.2, 0.25) is 5.95 Å². The Morgan fingerprint density at radius 2 is 2.15 bits per heavy atom. The van der Waals surface area contributed by atoms with Gasteiger partial charge in [-0.3, -0.25) is 0 Å². The molecular weight excluding hydrogens is 320 g/mol. The Kier molecular flexibility index (Phi) is 4.41. The molecule has 2 aliphatic rings. The quantitative estimate of drug-likeness (QED) is 0.916. The zero-order valence-corrected chi connectivity index (χ0v) is 13.4. The van der Waals surface area contributed by atoms with Crippen LogP contribution in [0.5, 0.6) is 0 Å². The van der Waals surface area contributed by atoms with Gasteiger partial charge in [-0.15, -0.1) is 0 Å². The Morgan fingerprint density at radius 1 is 1.35 bits per heavy atom. The lowest BCUT2D eigenvalue weighted by Crippen LogP contribution is -2.38. The summed E-state index contributed by atoms with van der Waals surface area (Å²) in [4.78, 5) is 11.3. The minimum atomic E-state index is 0.496. The van der Waals surface area contributed by atoms with Crippen molar-refractivity contribution in [1.82, 2.24) is 9.97 Å². The van der Waals surface area contributed by atoms with Crippen LogP contribution in [-0.2, 0) is 4.74 Å². The topological polar surface area (TPSA) is 50.3 Å². The second kappa shape index (κ2) is 6.26. The first-order chi connectivity index (χ1) is 9.78. The molecule has 0 spiro atoms. The highest BCUT2D eigenvalue weighted by atomic mass is 79.9. The molecule has 3 rings (SSSR count). The zero-order chi connectivity index (χ0) is 13.9. The number of halogens is 1. The van der Waals surface area contributed by atoms with Crippen LogP contribution >= 0.6 is 15.9 Å². The molecule has 2 saturated heterocycles. The van der Waals surface area contributed by atoms with Crippen LogP contribution in [0.4, 0.5) is 11.8 Å². The normalized spacial score (nSPS) is 24.1. The minimum Gasteiger partial charge on any atom is -0.378 e. The van der Waals surface area contributed by atoms with E-state index in [1.807, 2.05) is 13.2 Å². The van der Waals surface area contributed by atoms with Crippen molar-refractivity contribution in [3.8, 4) is 0 Å². The summed E-state index contributed by atoms with van der Waals surface area (Å²) in [5.41, 5.74) is 0. The van der Waals surface area contributed by atoms with Crippen molar-refractivity contribution in [2.75, 3.05) is 37.0 Å². The number of nitrogens with zero attached hydrogens (tertiary/aromatic N) is 3. The third-order valence-electron chi connectivity index (χ3n) is 4.28. The number of ether oxygens (including phenoxy) is 1. The van der Waals surface area contributed by atoms with Gasteiger partial charge in [-0.25, -0.2) is 4.98 Å². The Morgan fingerprint density at radius 3 is 2.80 bits per heavy atom. The second-order valence-corrected chi connectivity index (χ2v) is 6.35. The van der Waals surface area contributed by atoms with E-state index < -0.39 is 0 Å². The van der Waals surface area contributed by atoms with Gasteiger partial charge in [0.1, 0.15) is 5.82 Å². The summed E-state index contributed by atoms with van der Waals surface area (Å²) in [7, 11) is 1.88. The monoisotopic (exact) mass is 340 g/mol. The maximum Gasteiger partial charge on any atom is 0.227 e. The smallest absolute Gasteiger partial charge is 0.227 e. The summed E-state index contributed by atoms with van der Waals surface area (Å²) < 4.78 is 6.72. The molecule has 3 heterocycles. The molecule has 0 aromatic carbocycles. The summed E-state index contributed by atoms with van der Waals surface area (Å²) in [5, 5.41) is 3.08. The Hall–Kier alpha value is -0.880. The molecule has 1 N–H and O–H groups in total. The Balaban J connectivity index is 1.62. The number of rotatable bonds is 3. The van der Waals surface area contributed by atoms with Crippen molar-refractivity contribution >= 4 is 27.7 Å². The summed E-state index contributed by atoms with van der Waals surface area (Å²) in [6, 6.07) is 0. The Labute approximate surface area is 128 Å². The zero-order valence-electron chi connectivity index (χ0n) is 11.8. The van der Waals surface area contributed by atoms with Gasteiger partial charge in [0.25, 0.3) is 0 Å². The van der Waals surface area contributed by atoms with Crippen LogP contribution in [0.1, 0.15) is 25.7 Å². The van der Waals surface area contributed by atoms with E-state index in [2.05, 4.69) is 36.1 Å². The summed E-state index contributed by atoms with van der Waals surface area (Å²) in [5.74, 6) is 2.38. The van der Waals surface area contributed by atoms with E-state index in [0.717, 1.165) is 35.9 Å². The third kappa shape index (κ3) is 2.91. The molecule has 20 heavy (non-hydrogen) atoms. The van der Waals surface area contributed by atoms with Gasteiger partial charge in [0.15, 0.2) is 0 Å². The number of hydrogen-bond donors (Lipinski definition) is 1. The van der Waals surface area contributed by atoms with Gasteiger partial charge < -0.3 is 15.0 Å². The van der Waals surface area contributed by atoms with Crippen molar-refractivity contribution in [2.45, 2.75) is 31.8 Å². The summed E-state index contributed by atoms with van der Waals surface area (Å²) >= 11 is 3.45. The van der Waals surface area contributed by atoms with Crippen molar-refractivity contribution in [3.63, 3.8) is 0 Å². The van der Waals surface area contributed by atoms with E-state index in [0.29, 0.717) is 12.0 Å². The van der Waals surface area contributed by atoms with Crippen LogP contribution in [0.3, 0.4) is 0 Å². The van der Waals surface area contributed by atoms with Crippen LogP contribution in [-0.4, -0.2) is 42.8 Å². The highest BCUT2D eigenvalue weighted by Gasteiger charge is 2.30. The predicted molar refractivity (Wildman–Crippen MR) is 83.2 cm³/mol. The lowest BCUT2D eigenvalue weighted by molar-refractivity contribution is 0.0530. The average molecular weight is 341 g/mol. The first-order valence-electron chi connectivity index (χ1n) is 7.35. The highest BCUT2D eigenvalue weighted by Crippen LogP contribution is 2.30. The van der Waals surface area contributed by atoms with E-state index >= 15 is 0 Å². The molecular formula is C14H21BrN4O. The molecule has 110 valence electrons. The van der Waals surface area contributed by atoms with Crippen molar-refractivity contribution in [2.24, 2.45) is 5.92 Å². The average Bonchev–Trinajstić information content (AvgIpc) is 3.02. The maximum absolute atomic E-state index is 5.82. The summed E-state index contributed by atoms with van der Waals surface area (Å²) in [6.07, 6.45) is 7.14. The maximum atomic E-state index is 5.82. The van der Waals surface area contributed by atoms with Gasteiger partial charge in [-0.2, -0.15) is 4.98 Å². The molecule has 1 aromatic rings. The van der Waals surface area contributed by atoms with Crippen LogP contribution < -0.4 is 10.2 Å². The van der Waals surface area contributed by atoms with Crippen molar-refractivity contribution in [3.05, 3.63) is 10.7 Å². The van der Waals surface area contributed by atoms with Crippen molar-refractivity contribution in [1.29, 1.82) is 0 Å². The number of anilines is 2. The lowest BCUT2D eigenvalue weighted by Gasteiger charge is -2.34. The fourth-order valence-electron chi connectivity index (χ4n) is 3.13. The second-order valence-electron chi connectivity index (χ2n) is 5.49. The molecule has 2 fully saturated rings. The van der Waals surface area contributed by atoms with Crippen LogP contribution in [0.25, 0.3) is 0 Å². The first kappa shape index (κ1) is 14.1. The van der Waals surface area contributed by atoms with Crippen LogP contribution in [0.15, 0.2) is 10.7 Å². The molecule has 0 radical (unpaired) electrons. The van der Waals surface area contributed by atoms with E-state index in [1.54, 1.807) is 0 Å². The van der Waals surface area contributed by atoms with E-state index in [9.17, 15) is 0 Å². The van der Waals surface area contributed by atoms with Gasteiger partial charge in [-0.05, 0) is 47.5 Å². The summed E-state index contributed by atoms with van der Waals surface area (Å²) in [6.45, 7) is 3.00. The van der Waals surface area contributed by atoms with Crippen LogP contribution in [0, 0.1) is 5.92 Å². The molecule has 0 amide bonds. The van der Waals surface area contributed by atoms with E-state index in [1.165, 1.54) is 25.7 Å². The predicted octanol–water partition coefficient (Wildman–Crippen LogP) is 2.68. The molecule has 0 bridgehead atoms. The molecule has 1 aromatic heterocycles. The molecule has 6 heteroatoms. The Bertz CT molecular complexity index is 456. The fourth-order valence-corrected chi connectivity index (χ4v) is 3.52. The molecule has 2 aliphatic heterocycles. The molecule has 1 unspecified atom stereocenters. The molecule has 5 nitrogen and oxygen atoms in total. The molecule has 1 atom stereocenters. The number of piperidine rings is 1. The molecule has 0 aliphatic carbocycles. The number of hydrogen-bond acceptors (Lipinski definition) is 5. The van der Waals surface area contributed by atoms with E-state index in [-0.39, 0.29) is 0 Å². The van der Waals surface area contributed by atoms with Crippen molar-refractivity contribution < 1.29 is 4.74 Å². The number of nitrogens with one attached hydrogen (secondary N) is 1.